The van der Waals surface area contributed by atoms with Crippen molar-refractivity contribution in [3.63, 3.8) is 0 Å². The molecule has 0 spiro atoms. The molecule has 0 N–H and O–H groups in total. The zero-order valence-corrected chi connectivity index (χ0v) is 21.9. The quantitative estimate of drug-likeness (QED) is 0.332. The number of hydrogen-bond acceptors (Lipinski definition) is 5. The van der Waals surface area contributed by atoms with Crippen LogP contribution in [-0.2, 0) is 11.2 Å². The highest BCUT2D eigenvalue weighted by molar-refractivity contribution is 5.91. The van der Waals surface area contributed by atoms with Crippen LogP contribution in [0.4, 0.5) is 14.6 Å². The van der Waals surface area contributed by atoms with Crippen LogP contribution in [0, 0.1) is 11.6 Å². The topological polar surface area (TPSA) is 71.3 Å². The molecule has 2 aromatic carbocycles. The Kier molecular flexibility index (Phi) is 7.24. The molecule has 4 aromatic rings. The van der Waals surface area contributed by atoms with Gasteiger partial charge in [-0.25, -0.2) is 23.1 Å². The van der Waals surface area contributed by atoms with Gasteiger partial charge in [-0.05, 0) is 49.2 Å². The van der Waals surface area contributed by atoms with E-state index in [4.69, 9.17) is 0 Å². The van der Waals surface area contributed by atoms with Gasteiger partial charge in [0, 0.05) is 31.2 Å². The molecule has 200 valence electrons. The monoisotopic (exact) mass is 529 g/mol. The van der Waals surface area contributed by atoms with Crippen molar-refractivity contribution < 1.29 is 13.6 Å². The van der Waals surface area contributed by atoms with Crippen molar-refractivity contribution in [1.82, 2.24) is 19.4 Å². The third-order valence-corrected chi connectivity index (χ3v) is 7.07. The number of halogens is 2. The molecule has 1 atom stereocenters. The lowest BCUT2D eigenvalue weighted by Gasteiger charge is -2.40. The Morgan fingerprint density at radius 2 is 1.82 bits per heavy atom. The fraction of sp³-hybridized carbons (Fsp3) is 0.267. The van der Waals surface area contributed by atoms with Crippen molar-refractivity contribution in [2.45, 2.75) is 32.7 Å². The van der Waals surface area contributed by atoms with E-state index < -0.39 is 17.3 Å². The van der Waals surface area contributed by atoms with Crippen LogP contribution in [0.3, 0.4) is 0 Å². The predicted octanol–water partition coefficient (Wildman–Crippen LogP) is 4.90. The van der Waals surface area contributed by atoms with Crippen molar-refractivity contribution in [1.29, 1.82) is 0 Å². The van der Waals surface area contributed by atoms with E-state index >= 15 is 4.39 Å². The van der Waals surface area contributed by atoms with Gasteiger partial charge in [-0.3, -0.25) is 4.79 Å². The van der Waals surface area contributed by atoms with Crippen LogP contribution in [0.1, 0.15) is 25.8 Å². The smallest absolute Gasteiger partial charge is 0.350 e. The van der Waals surface area contributed by atoms with E-state index in [-0.39, 0.29) is 34.7 Å². The highest BCUT2D eigenvalue weighted by atomic mass is 19.1. The zero-order chi connectivity index (χ0) is 27.7. The summed E-state index contributed by atoms with van der Waals surface area (Å²) in [6, 6.07) is 14.4. The number of carbonyl (C=O) groups excluding carboxylic acids is 1. The summed E-state index contributed by atoms with van der Waals surface area (Å²) < 4.78 is 31.8. The summed E-state index contributed by atoms with van der Waals surface area (Å²) in [6.07, 6.45) is 2.83. The van der Waals surface area contributed by atoms with E-state index in [0.29, 0.717) is 37.1 Å². The molecule has 0 radical (unpaired) electrons. The fourth-order valence-corrected chi connectivity index (χ4v) is 5.20. The summed E-state index contributed by atoms with van der Waals surface area (Å²) in [4.78, 5) is 38.5. The maximum Gasteiger partial charge on any atom is 0.355 e. The number of para-hydroxylation sites is 1. The van der Waals surface area contributed by atoms with Crippen LogP contribution in [0.2, 0.25) is 0 Å². The van der Waals surface area contributed by atoms with E-state index in [9.17, 15) is 14.0 Å². The molecule has 0 saturated carbocycles. The van der Waals surface area contributed by atoms with Gasteiger partial charge in [0.25, 0.3) is 0 Å². The Labute approximate surface area is 225 Å². The minimum atomic E-state index is -0.726. The highest BCUT2D eigenvalue weighted by Crippen LogP contribution is 2.32. The fourth-order valence-electron chi connectivity index (χ4n) is 5.20. The van der Waals surface area contributed by atoms with E-state index in [1.807, 2.05) is 43.0 Å². The first-order chi connectivity index (χ1) is 18.8. The average molecular weight is 530 g/mol. The molecule has 2 aromatic heterocycles. The summed E-state index contributed by atoms with van der Waals surface area (Å²) in [5, 5.41) is 0.328. The number of amides is 1. The number of carbonyl (C=O) groups is 1. The first-order valence-corrected chi connectivity index (χ1v) is 13.0. The van der Waals surface area contributed by atoms with Crippen molar-refractivity contribution in [2.24, 2.45) is 0 Å². The second-order valence-electron chi connectivity index (χ2n) is 9.63. The number of benzene rings is 2. The van der Waals surface area contributed by atoms with Gasteiger partial charge in [0.05, 0.1) is 11.1 Å². The molecule has 1 fully saturated rings. The van der Waals surface area contributed by atoms with E-state index in [1.165, 1.54) is 34.9 Å². The number of anilines is 1. The van der Waals surface area contributed by atoms with Crippen LogP contribution < -0.4 is 10.6 Å². The van der Waals surface area contributed by atoms with Gasteiger partial charge < -0.3 is 9.80 Å². The first kappa shape index (κ1) is 26.2. The molecule has 1 aliphatic rings. The average Bonchev–Trinajstić information content (AvgIpc) is 2.93. The molecule has 3 heterocycles. The molecular weight excluding hydrogens is 500 g/mol. The lowest BCUT2D eigenvalue weighted by Crippen LogP contribution is -2.54. The van der Waals surface area contributed by atoms with E-state index in [0.717, 1.165) is 12.0 Å². The predicted molar refractivity (Wildman–Crippen MR) is 148 cm³/mol. The van der Waals surface area contributed by atoms with Gasteiger partial charge in [-0.1, -0.05) is 50.3 Å². The molecule has 0 unspecified atom stereocenters. The number of nitrogens with zero attached hydrogens (tertiary/aromatic N) is 5. The van der Waals surface area contributed by atoms with Crippen molar-refractivity contribution in [3.05, 3.63) is 94.9 Å². The second-order valence-corrected chi connectivity index (χ2v) is 9.63. The molecule has 1 amide bonds. The standard InChI is InChI=1S/C30H29F2N5O2/c1-4-10-20-11-6-9-14-25(20)37-29-22(17-24(32)27(33-29)21-12-7-8-13-23(21)31)28(34-30(37)39)36-16-15-35(18-19(36)3)26(38)5-2/h5-9,11-14,17,19H,2,4,10,15-16,18H2,1,3H3/t19-/m0/s1. The normalized spacial score (nSPS) is 15.5. The molecule has 7 nitrogen and oxygen atoms in total. The number of rotatable bonds is 6. The first-order valence-electron chi connectivity index (χ1n) is 13.0. The summed E-state index contributed by atoms with van der Waals surface area (Å²) in [5.74, 6) is -1.24. The molecule has 1 saturated heterocycles. The number of aromatic nitrogens is 3. The lowest BCUT2D eigenvalue weighted by molar-refractivity contribution is -0.126. The SMILES string of the molecule is C=CC(=O)N1CCN(c2nc(=O)n(-c3ccccc3CCC)c3nc(-c4ccccc4F)c(F)cc23)[C@@H](C)C1. The maximum absolute atomic E-state index is 15.7. The van der Waals surface area contributed by atoms with Gasteiger partial charge in [0.2, 0.25) is 5.91 Å². The van der Waals surface area contributed by atoms with Crippen molar-refractivity contribution in [2.75, 3.05) is 24.5 Å². The third-order valence-electron chi connectivity index (χ3n) is 7.07. The lowest BCUT2D eigenvalue weighted by atomic mass is 10.1. The Morgan fingerprint density at radius 1 is 1.08 bits per heavy atom. The molecule has 0 aliphatic carbocycles. The molecular formula is C30H29F2N5O2. The number of aryl methyl sites for hydroxylation is 1. The molecule has 1 aliphatic heterocycles. The van der Waals surface area contributed by atoms with Crippen LogP contribution in [-0.4, -0.2) is 51.0 Å². The largest absolute Gasteiger partial charge is 0.355 e. The van der Waals surface area contributed by atoms with Crippen molar-refractivity contribution in [3.8, 4) is 16.9 Å². The van der Waals surface area contributed by atoms with Crippen LogP contribution in [0.15, 0.2) is 72.0 Å². The van der Waals surface area contributed by atoms with Crippen LogP contribution in [0.25, 0.3) is 28.0 Å². The summed E-state index contributed by atoms with van der Waals surface area (Å²) in [6.45, 7) is 8.68. The Morgan fingerprint density at radius 3 is 2.54 bits per heavy atom. The van der Waals surface area contributed by atoms with E-state index in [2.05, 4.69) is 16.5 Å². The van der Waals surface area contributed by atoms with Crippen LogP contribution in [0.5, 0.6) is 0 Å². The van der Waals surface area contributed by atoms with Gasteiger partial charge >= 0.3 is 5.69 Å². The number of fused-ring (bicyclic) bond motifs is 1. The number of hydrogen-bond donors (Lipinski definition) is 0. The Hall–Kier alpha value is -4.40. The van der Waals surface area contributed by atoms with Crippen molar-refractivity contribution >= 4 is 22.8 Å². The van der Waals surface area contributed by atoms with Crippen LogP contribution >= 0.6 is 0 Å². The molecule has 5 rings (SSSR count). The molecule has 39 heavy (non-hydrogen) atoms. The third kappa shape index (κ3) is 4.80. The minimum absolute atomic E-state index is 0.000949. The minimum Gasteiger partial charge on any atom is -0.350 e. The van der Waals surface area contributed by atoms with E-state index in [1.54, 1.807) is 11.0 Å². The van der Waals surface area contributed by atoms with Gasteiger partial charge in [0.15, 0.2) is 5.65 Å². The maximum atomic E-state index is 15.7. The Balaban J connectivity index is 1.77. The number of piperazine rings is 1. The Bertz CT molecular complexity index is 1630. The van der Waals surface area contributed by atoms with Gasteiger partial charge in [0.1, 0.15) is 23.1 Å². The summed E-state index contributed by atoms with van der Waals surface area (Å²) >= 11 is 0. The second kappa shape index (κ2) is 10.8. The summed E-state index contributed by atoms with van der Waals surface area (Å²) in [7, 11) is 0. The van der Waals surface area contributed by atoms with Gasteiger partial charge in [-0.2, -0.15) is 4.98 Å². The highest BCUT2D eigenvalue weighted by Gasteiger charge is 2.30. The molecule has 0 bridgehead atoms. The number of pyridine rings is 1. The zero-order valence-electron chi connectivity index (χ0n) is 21.9. The summed E-state index contributed by atoms with van der Waals surface area (Å²) in [5.41, 5.74) is 0.943. The van der Waals surface area contributed by atoms with Gasteiger partial charge in [-0.15, -0.1) is 0 Å². The molecule has 9 heteroatoms.